The number of aromatic nitrogens is 2. The highest BCUT2D eigenvalue weighted by molar-refractivity contribution is 5.92. The lowest BCUT2D eigenvalue weighted by Gasteiger charge is -2.13. The second-order valence-corrected chi connectivity index (χ2v) is 4.48. The summed E-state index contributed by atoms with van der Waals surface area (Å²) in [6.45, 7) is 2.04. The Morgan fingerprint density at radius 2 is 2.00 bits per heavy atom. The minimum Gasteiger partial charge on any atom is -0.461 e. The van der Waals surface area contributed by atoms with E-state index in [9.17, 15) is 4.79 Å². The summed E-state index contributed by atoms with van der Waals surface area (Å²) in [6.07, 6.45) is 1.52. The number of imidazole rings is 1. The Balaban J connectivity index is 2.32. The Bertz CT molecular complexity index is 602. The fraction of sp³-hybridized carbons (Fsp3) is 0.286. The van der Waals surface area contributed by atoms with Crippen LogP contribution in [0.2, 0.25) is 0 Å². The lowest BCUT2D eigenvalue weighted by Crippen LogP contribution is -2.10. The van der Waals surface area contributed by atoms with Gasteiger partial charge in [0.05, 0.1) is 6.61 Å². The minimum absolute atomic E-state index is 0.142. The zero-order valence-electron chi connectivity index (χ0n) is 11.8. The number of anilines is 2. The SMILES string of the molecule is CCOC(=O)c1ncn(-c2ccc(N(C)C)cc2)c1N. The fourth-order valence-corrected chi connectivity index (χ4v) is 1.83. The largest absolute Gasteiger partial charge is 0.461 e. The third-order valence-electron chi connectivity index (χ3n) is 2.92. The quantitative estimate of drug-likeness (QED) is 0.859. The van der Waals surface area contributed by atoms with Crippen molar-refractivity contribution in [2.45, 2.75) is 6.92 Å². The summed E-state index contributed by atoms with van der Waals surface area (Å²) in [5, 5.41) is 0. The first-order valence-electron chi connectivity index (χ1n) is 6.32. The Labute approximate surface area is 117 Å². The zero-order valence-corrected chi connectivity index (χ0v) is 11.8. The third-order valence-corrected chi connectivity index (χ3v) is 2.92. The van der Waals surface area contributed by atoms with Crippen molar-refractivity contribution >= 4 is 17.5 Å². The number of ether oxygens (including phenoxy) is 1. The van der Waals surface area contributed by atoms with Crippen molar-refractivity contribution in [3.05, 3.63) is 36.3 Å². The van der Waals surface area contributed by atoms with Gasteiger partial charge in [-0.2, -0.15) is 0 Å². The zero-order chi connectivity index (χ0) is 14.7. The summed E-state index contributed by atoms with van der Waals surface area (Å²) in [4.78, 5) is 17.7. The molecule has 0 radical (unpaired) electrons. The summed E-state index contributed by atoms with van der Waals surface area (Å²) in [7, 11) is 3.94. The molecular weight excluding hydrogens is 256 g/mol. The normalized spacial score (nSPS) is 10.3. The van der Waals surface area contributed by atoms with Gasteiger partial charge in [0.2, 0.25) is 0 Å². The molecule has 20 heavy (non-hydrogen) atoms. The molecule has 0 aliphatic carbocycles. The molecule has 0 spiro atoms. The molecule has 0 fully saturated rings. The van der Waals surface area contributed by atoms with Crippen LogP contribution >= 0.6 is 0 Å². The maximum Gasteiger partial charge on any atom is 0.360 e. The third kappa shape index (κ3) is 2.59. The van der Waals surface area contributed by atoms with Crippen LogP contribution in [0.3, 0.4) is 0 Å². The number of hydrogen-bond donors (Lipinski definition) is 1. The van der Waals surface area contributed by atoms with Gasteiger partial charge in [-0.05, 0) is 31.2 Å². The van der Waals surface area contributed by atoms with Crippen molar-refractivity contribution in [3.63, 3.8) is 0 Å². The number of carbonyl (C=O) groups is 1. The van der Waals surface area contributed by atoms with Gasteiger partial charge < -0.3 is 15.4 Å². The van der Waals surface area contributed by atoms with Gasteiger partial charge in [-0.1, -0.05) is 0 Å². The lowest BCUT2D eigenvalue weighted by molar-refractivity contribution is 0.0521. The lowest BCUT2D eigenvalue weighted by atomic mass is 10.2. The molecule has 106 valence electrons. The van der Waals surface area contributed by atoms with E-state index >= 15 is 0 Å². The van der Waals surface area contributed by atoms with Gasteiger partial charge in [0.15, 0.2) is 5.69 Å². The van der Waals surface area contributed by atoms with Crippen molar-refractivity contribution in [1.29, 1.82) is 0 Å². The molecule has 0 aliphatic heterocycles. The van der Waals surface area contributed by atoms with Gasteiger partial charge in [0, 0.05) is 25.5 Å². The van der Waals surface area contributed by atoms with Crippen LogP contribution in [0.1, 0.15) is 17.4 Å². The van der Waals surface area contributed by atoms with Gasteiger partial charge in [-0.15, -0.1) is 0 Å². The average Bonchev–Trinajstić information content (AvgIpc) is 2.81. The summed E-state index contributed by atoms with van der Waals surface area (Å²) in [5.41, 5.74) is 8.02. The maximum atomic E-state index is 11.7. The molecule has 0 aliphatic rings. The molecule has 0 saturated heterocycles. The first kappa shape index (κ1) is 13.9. The number of rotatable bonds is 4. The number of hydrogen-bond acceptors (Lipinski definition) is 5. The van der Waals surface area contributed by atoms with Crippen LogP contribution in [-0.2, 0) is 4.74 Å². The molecule has 0 saturated carbocycles. The van der Waals surface area contributed by atoms with E-state index in [1.54, 1.807) is 11.5 Å². The van der Waals surface area contributed by atoms with Gasteiger partial charge >= 0.3 is 5.97 Å². The summed E-state index contributed by atoms with van der Waals surface area (Å²) < 4.78 is 6.57. The fourth-order valence-electron chi connectivity index (χ4n) is 1.83. The Morgan fingerprint density at radius 1 is 1.35 bits per heavy atom. The molecule has 6 heteroatoms. The molecular formula is C14H18N4O2. The number of esters is 1. The summed E-state index contributed by atoms with van der Waals surface area (Å²) in [5.74, 6) is -0.227. The molecule has 1 aromatic heterocycles. The molecule has 0 amide bonds. The highest BCUT2D eigenvalue weighted by Gasteiger charge is 2.17. The second-order valence-electron chi connectivity index (χ2n) is 4.48. The topological polar surface area (TPSA) is 73.4 Å². The highest BCUT2D eigenvalue weighted by atomic mass is 16.5. The molecule has 1 aromatic carbocycles. The van der Waals surface area contributed by atoms with Crippen LogP contribution in [0.4, 0.5) is 11.5 Å². The maximum absolute atomic E-state index is 11.7. The van der Waals surface area contributed by atoms with Crippen molar-refractivity contribution in [1.82, 2.24) is 9.55 Å². The summed E-state index contributed by atoms with van der Waals surface area (Å²) >= 11 is 0. The predicted molar refractivity (Wildman–Crippen MR) is 78.3 cm³/mol. The second kappa shape index (κ2) is 5.64. The van der Waals surface area contributed by atoms with E-state index in [0.29, 0.717) is 6.61 Å². The van der Waals surface area contributed by atoms with Crippen molar-refractivity contribution in [2.75, 3.05) is 31.3 Å². The van der Waals surface area contributed by atoms with Gasteiger partial charge in [-0.3, -0.25) is 4.57 Å². The molecule has 0 unspecified atom stereocenters. The Hall–Kier alpha value is -2.50. The molecule has 2 rings (SSSR count). The molecule has 6 nitrogen and oxygen atoms in total. The van der Waals surface area contributed by atoms with E-state index in [1.807, 2.05) is 43.3 Å². The Kier molecular flexibility index (Phi) is 3.93. The number of carbonyl (C=O) groups excluding carboxylic acids is 1. The molecule has 2 aromatic rings. The van der Waals surface area contributed by atoms with Crippen molar-refractivity contribution in [3.8, 4) is 5.69 Å². The van der Waals surface area contributed by atoms with Crippen molar-refractivity contribution in [2.24, 2.45) is 0 Å². The van der Waals surface area contributed by atoms with E-state index in [2.05, 4.69) is 4.98 Å². The van der Waals surface area contributed by atoms with E-state index < -0.39 is 5.97 Å². The minimum atomic E-state index is -0.506. The van der Waals surface area contributed by atoms with E-state index in [0.717, 1.165) is 11.4 Å². The molecule has 0 atom stereocenters. The van der Waals surface area contributed by atoms with Gasteiger partial charge in [0.25, 0.3) is 0 Å². The number of nitrogen functional groups attached to an aromatic ring is 1. The van der Waals surface area contributed by atoms with Crippen LogP contribution in [0.15, 0.2) is 30.6 Å². The number of nitrogens with zero attached hydrogens (tertiary/aromatic N) is 3. The van der Waals surface area contributed by atoms with E-state index in [-0.39, 0.29) is 11.5 Å². The summed E-state index contributed by atoms with van der Waals surface area (Å²) in [6, 6.07) is 7.78. The molecule has 2 N–H and O–H groups in total. The van der Waals surface area contributed by atoms with Crippen LogP contribution in [0.25, 0.3) is 5.69 Å². The first-order valence-corrected chi connectivity index (χ1v) is 6.32. The van der Waals surface area contributed by atoms with Gasteiger partial charge in [-0.25, -0.2) is 9.78 Å². The monoisotopic (exact) mass is 274 g/mol. The Morgan fingerprint density at radius 3 is 2.55 bits per heavy atom. The van der Waals surface area contributed by atoms with Gasteiger partial charge in [0.1, 0.15) is 12.1 Å². The van der Waals surface area contributed by atoms with Crippen LogP contribution in [-0.4, -0.2) is 36.2 Å². The average molecular weight is 274 g/mol. The van der Waals surface area contributed by atoms with Crippen molar-refractivity contribution < 1.29 is 9.53 Å². The number of benzene rings is 1. The highest BCUT2D eigenvalue weighted by Crippen LogP contribution is 2.20. The van der Waals surface area contributed by atoms with E-state index in [1.165, 1.54) is 6.33 Å². The standard InChI is InChI=1S/C14H18N4O2/c1-4-20-14(19)12-13(15)18(9-16-12)11-7-5-10(6-8-11)17(2)3/h5-9H,4,15H2,1-3H3. The number of nitrogens with two attached hydrogens (primary N) is 1. The predicted octanol–water partition coefficient (Wildman–Crippen LogP) is 1.70. The smallest absolute Gasteiger partial charge is 0.360 e. The molecule has 1 heterocycles. The molecule has 0 bridgehead atoms. The van der Waals surface area contributed by atoms with Crippen LogP contribution in [0, 0.1) is 0 Å². The first-order chi connectivity index (χ1) is 9.54. The van der Waals surface area contributed by atoms with Crippen LogP contribution in [0.5, 0.6) is 0 Å². The van der Waals surface area contributed by atoms with E-state index in [4.69, 9.17) is 10.5 Å². The van der Waals surface area contributed by atoms with Crippen LogP contribution < -0.4 is 10.6 Å².